The standard InChI is InChI=1S/C17H17Cl2NO2/c1-12(22-15-8-5-7-14(18)10-15)17(21)20(2)11-13-6-3-4-9-16(13)19/h3-10,12H,11H2,1-2H3. The van der Waals surface area contributed by atoms with Crippen molar-refractivity contribution in [2.24, 2.45) is 0 Å². The number of ether oxygens (including phenoxy) is 1. The van der Waals surface area contributed by atoms with E-state index in [9.17, 15) is 4.79 Å². The average molecular weight is 338 g/mol. The minimum Gasteiger partial charge on any atom is -0.481 e. The van der Waals surface area contributed by atoms with E-state index in [0.29, 0.717) is 22.3 Å². The molecule has 0 saturated heterocycles. The molecule has 0 fully saturated rings. The summed E-state index contributed by atoms with van der Waals surface area (Å²) in [6.07, 6.45) is -0.606. The molecule has 22 heavy (non-hydrogen) atoms. The van der Waals surface area contributed by atoms with Crippen molar-refractivity contribution in [3.8, 4) is 5.75 Å². The second-order valence-corrected chi connectivity index (χ2v) is 5.85. The normalized spacial score (nSPS) is 11.8. The molecule has 0 aliphatic carbocycles. The smallest absolute Gasteiger partial charge is 0.263 e. The van der Waals surface area contributed by atoms with Crippen LogP contribution in [-0.4, -0.2) is 24.0 Å². The summed E-state index contributed by atoms with van der Waals surface area (Å²) in [4.78, 5) is 14.0. The van der Waals surface area contributed by atoms with Crippen molar-refractivity contribution in [1.29, 1.82) is 0 Å². The van der Waals surface area contributed by atoms with Gasteiger partial charge >= 0.3 is 0 Å². The van der Waals surface area contributed by atoms with E-state index in [0.717, 1.165) is 5.56 Å². The van der Waals surface area contributed by atoms with Crippen molar-refractivity contribution >= 4 is 29.1 Å². The van der Waals surface area contributed by atoms with Gasteiger partial charge in [-0.05, 0) is 36.8 Å². The van der Waals surface area contributed by atoms with Crippen LogP contribution in [0.15, 0.2) is 48.5 Å². The van der Waals surface area contributed by atoms with Gasteiger partial charge < -0.3 is 9.64 Å². The molecule has 3 nitrogen and oxygen atoms in total. The summed E-state index contributed by atoms with van der Waals surface area (Å²) >= 11 is 12.0. The largest absolute Gasteiger partial charge is 0.481 e. The van der Waals surface area contributed by atoms with E-state index < -0.39 is 6.10 Å². The minimum absolute atomic E-state index is 0.125. The molecule has 0 N–H and O–H groups in total. The maximum absolute atomic E-state index is 12.4. The Hall–Kier alpha value is -1.71. The van der Waals surface area contributed by atoms with E-state index in [2.05, 4.69) is 0 Å². The molecular formula is C17H17Cl2NO2. The highest BCUT2D eigenvalue weighted by Crippen LogP contribution is 2.20. The molecule has 1 amide bonds. The third-order valence-electron chi connectivity index (χ3n) is 3.20. The summed E-state index contributed by atoms with van der Waals surface area (Å²) in [6, 6.07) is 14.4. The van der Waals surface area contributed by atoms with Crippen LogP contribution in [0, 0.1) is 0 Å². The number of carbonyl (C=O) groups excluding carboxylic acids is 1. The number of carbonyl (C=O) groups is 1. The lowest BCUT2D eigenvalue weighted by atomic mass is 10.2. The van der Waals surface area contributed by atoms with Gasteiger partial charge in [0.1, 0.15) is 5.75 Å². The second-order valence-electron chi connectivity index (χ2n) is 5.00. The topological polar surface area (TPSA) is 29.5 Å². The molecular weight excluding hydrogens is 321 g/mol. The zero-order valence-corrected chi connectivity index (χ0v) is 13.9. The van der Waals surface area contributed by atoms with Crippen LogP contribution in [0.5, 0.6) is 5.75 Å². The molecule has 2 rings (SSSR count). The molecule has 2 aromatic carbocycles. The molecule has 1 unspecified atom stereocenters. The zero-order valence-electron chi connectivity index (χ0n) is 12.4. The number of hydrogen-bond donors (Lipinski definition) is 0. The quantitative estimate of drug-likeness (QED) is 0.808. The van der Waals surface area contributed by atoms with Crippen LogP contribution in [0.2, 0.25) is 10.0 Å². The number of rotatable bonds is 5. The molecule has 2 aromatic rings. The summed E-state index contributed by atoms with van der Waals surface area (Å²) < 4.78 is 5.64. The Balaban J connectivity index is 1.99. The fraction of sp³-hybridized carbons (Fsp3) is 0.235. The number of nitrogens with zero attached hydrogens (tertiary/aromatic N) is 1. The fourth-order valence-corrected chi connectivity index (χ4v) is 2.44. The summed E-state index contributed by atoms with van der Waals surface area (Å²) in [5.41, 5.74) is 0.898. The van der Waals surface area contributed by atoms with Crippen LogP contribution in [0.1, 0.15) is 12.5 Å². The van der Waals surface area contributed by atoms with Gasteiger partial charge in [-0.3, -0.25) is 4.79 Å². The van der Waals surface area contributed by atoms with E-state index in [1.165, 1.54) is 0 Å². The van der Waals surface area contributed by atoms with E-state index in [1.54, 1.807) is 49.2 Å². The Morgan fingerprint density at radius 3 is 2.59 bits per heavy atom. The van der Waals surface area contributed by atoms with Crippen molar-refractivity contribution < 1.29 is 9.53 Å². The first-order valence-electron chi connectivity index (χ1n) is 6.88. The molecule has 0 aliphatic heterocycles. The van der Waals surface area contributed by atoms with Crippen LogP contribution in [0.4, 0.5) is 0 Å². The van der Waals surface area contributed by atoms with Gasteiger partial charge in [0.15, 0.2) is 6.10 Å². The lowest BCUT2D eigenvalue weighted by Gasteiger charge is -2.22. The van der Waals surface area contributed by atoms with Crippen molar-refractivity contribution in [2.75, 3.05) is 7.05 Å². The van der Waals surface area contributed by atoms with E-state index in [1.807, 2.05) is 18.2 Å². The fourth-order valence-electron chi connectivity index (χ4n) is 2.07. The number of amides is 1. The molecule has 1 atom stereocenters. The molecule has 0 saturated carbocycles. The van der Waals surface area contributed by atoms with E-state index in [-0.39, 0.29) is 5.91 Å². The molecule has 0 radical (unpaired) electrons. The zero-order chi connectivity index (χ0) is 16.1. The van der Waals surface area contributed by atoms with Crippen LogP contribution < -0.4 is 4.74 Å². The Morgan fingerprint density at radius 1 is 1.18 bits per heavy atom. The number of halogens is 2. The molecule has 0 heterocycles. The molecule has 5 heteroatoms. The Bertz CT molecular complexity index is 661. The predicted molar refractivity (Wildman–Crippen MR) is 89.5 cm³/mol. The monoisotopic (exact) mass is 337 g/mol. The van der Waals surface area contributed by atoms with Crippen LogP contribution in [0.25, 0.3) is 0 Å². The second kappa shape index (κ2) is 7.52. The first-order valence-corrected chi connectivity index (χ1v) is 7.63. The highest BCUT2D eigenvalue weighted by molar-refractivity contribution is 6.31. The third-order valence-corrected chi connectivity index (χ3v) is 3.80. The lowest BCUT2D eigenvalue weighted by molar-refractivity contribution is -0.137. The van der Waals surface area contributed by atoms with Gasteiger partial charge in [0, 0.05) is 23.6 Å². The first-order chi connectivity index (χ1) is 10.5. The maximum atomic E-state index is 12.4. The Labute approximate surface area is 140 Å². The van der Waals surface area contributed by atoms with Crippen LogP contribution in [-0.2, 0) is 11.3 Å². The lowest BCUT2D eigenvalue weighted by Crippen LogP contribution is -2.37. The van der Waals surface area contributed by atoms with Crippen molar-refractivity contribution in [2.45, 2.75) is 19.6 Å². The number of hydrogen-bond acceptors (Lipinski definition) is 2. The molecule has 0 aromatic heterocycles. The van der Waals surface area contributed by atoms with Crippen molar-refractivity contribution in [3.05, 3.63) is 64.1 Å². The van der Waals surface area contributed by atoms with Gasteiger partial charge in [0.25, 0.3) is 5.91 Å². The van der Waals surface area contributed by atoms with E-state index in [4.69, 9.17) is 27.9 Å². The molecule has 116 valence electrons. The summed E-state index contributed by atoms with van der Waals surface area (Å²) in [7, 11) is 1.73. The van der Waals surface area contributed by atoms with Crippen molar-refractivity contribution in [1.82, 2.24) is 4.90 Å². The first kappa shape index (κ1) is 16.7. The predicted octanol–water partition coefficient (Wildman–Crippen LogP) is 4.42. The molecule has 0 spiro atoms. The van der Waals surface area contributed by atoms with Crippen LogP contribution in [0.3, 0.4) is 0 Å². The average Bonchev–Trinajstić information content (AvgIpc) is 2.48. The molecule has 0 aliphatic rings. The van der Waals surface area contributed by atoms with Gasteiger partial charge in [-0.25, -0.2) is 0 Å². The summed E-state index contributed by atoms with van der Waals surface area (Å²) in [5.74, 6) is 0.444. The third kappa shape index (κ3) is 4.39. The Morgan fingerprint density at radius 2 is 1.91 bits per heavy atom. The van der Waals surface area contributed by atoms with Gasteiger partial charge in [-0.15, -0.1) is 0 Å². The summed E-state index contributed by atoms with van der Waals surface area (Å²) in [5, 5.41) is 1.21. The highest BCUT2D eigenvalue weighted by Gasteiger charge is 2.20. The SMILES string of the molecule is CC(Oc1cccc(Cl)c1)C(=O)N(C)Cc1ccccc1Cl. The summed E-state index contributed by atoms with van der Waals surface area (Å²) in [6.45, 7) is 2.15. The number of benzene rings is 2. The van der Waals surface area contributed by atoms with Crippen LogP contribution >= 0.6 is 23.2 Å². The van der Waals surface area contributed by atoms with Gasteiger partial charge in [-0.2, -0.15) is 0 Å². The van der Waals surface area contributed by atoms with Gasteiger partial charge in [0.2, 0.25) is 0 Å². The number of likely N-dealkylation sites (N-methyl/N-ethyl adjacent to an activating group) is 1. The highest BCUT2D eigenvalue weighted by atomic mass is 35.5. The maximum Gasteiger partial charge on any atom is 0.263 e. The van der Waals surface area contributed by atoms with Crippen molar-refractivity contribution in [3.63, 3.8) is 0 Å². The van der Waals surface area contributed by atoms with Gasteiger partial charge in [0.05, 0.1) is 0 Å². The van der Waals surface area contributed by atoms with E-state index >= 15 is 0 Å². The minimum atomic E-state index is -0.606. The Kier molecular flexibility index (Phi) is 5.69. The molecule has 0 bridgehead atoms. The van der Waals surface area contributed by atoms with Gasteiger partial charge in [-0.1, -0.05) is 47.5 Å².